The summed E-state index contributed by atoms with van der Waals surface area (Å²) in [4.78, 5) is 16.0. The van der Waals surface area contributed by atoms with Crippen LogP contribution < -0.4 is 5.32 Å². The van der Waals surface area contributed by atoms with Crippen molar-refractivity contribution in [2.75, 3.05) is 13.2 Å². The molecule has 1 aliphatic rings. The van der Waals surface area contributed by atoms with Crippen molar-refractivity contribution >= 4 is 6.09 Å². The fraction of sp³-hybridized carbons (Fsp3) is 0.125. The minimum atomic E-state index is -0.521. The summed E-state index contributed by atoms with van der Waals surface area (Å²) in [5.74, 6) is 5.67. The molecule has 1 aromatic heterocycles. The van der Waals surface area contributed by atoms with Gasteiger partial charge in [-0.15, -0.1) is 0 Å². The maximum absolute atomic E-state index is 12.1. The summed E-state index contributed by atoms with van der Waals surface area (Å²) in [6.45, 7) is 0.380. The molecule has 0 saturated carbocycles. The maximum Gasteiger partial charge on any atom is 0.407 e. The molecule has 140 valence electrons. The number of ether oxygens (including phenoxy) is 1. The van der Waals surface area contributed by atoms with E-state index in [0.717, 1.165) is 0 Å². The van der Waals surface area contributed by atoms with Crippen molar-refractivity contribution in [1.82, 2.24) is 10.3 Å². The zero-order valence-electron chi connectivity index (χ0n) is 15.6. The van der Waals surface area contributed by atoms with Crippen LogP contribution in [0.5, 0.6) is 0 Å². The van der Waals surface area contributed by atoms with Crippen LogP contribution in [-0.2, 0) is 4.74 Å². The number of pyridine rings is 1. The molecule has 4 rings (SSSR count). The third kappa shape index (κ3) is 3.81. The lowest BCUT2D eigenvalue weighted by Gasteiger charge is -2.14. The van der Waals surface area contributed by atoms with Gasteiger partial charge < -0.3 is 10.1 Å². The third-order valence-corrected chi connectivity index (χ3v) is 4.80. The molecule has 0 radical (unpaired) electrons. The highest BCUT2D eigenvalue weighted by Crippen LogP contribution is 2.44. The van der Waals surface area contributed by atoms with Gasteiger partial charge in [-0.3, -0.25) is 0 Å². The molecule has 1 amide bonds. The Bertz CT molecular complexity index is 1120. The Hall–Kier alpha value is -4.09. The first kappa shape index (κ1) is 18.3. The second-order valence-electron chi connectivity index (χ2n) is 6.49. The first-order chi connectivity index (χ1) is 14.3. The fourth-order valence-corrected chi connectivity index (χ4v) is 3.50. The van der Waals surface area contributed by atoms with Gasteiger partial charge in [0, 0.05) is 12.1 Å². The van der Waals surface area contributed by atoms with Gasteiger partial charge in [0.05, 0.1) is 12.1 Å². The molecule has 2 aromatic carbocycles. The summed E-state index contributed by atoms with van der Waals surface area (Å²) in [7, 11) is 0. The Morgan fingerprint density at radius 2 is 1.72 bits per heavy atom. The number of fused-ring (bicyclic) bond motifs is 3. The molecule has 0 atom stereocenters. The first-order valence-corrected chi connectivity index (χ1v) is 9.21. The van der Waals surface area contributed by atoms with Crippen molar-refractivity contribution in [2.45, 2.75) is 5.92 Å². The van der Waals surface area contributed by atoms with E-state index in [1.165, 1.54) is 22.3 Å². The van der Waals surface area contributed by atoms with E-state index in [4.69, 9.17) is 10.00 Å². The topological polar surface area (TPSA) is 75.0 Å². The molecule has 0 fully saturated rings. The van der Waals surface area contributed by atoms with Crippen molar-refractivity contribution < 1.29 is 9.53 Å². The number of aromatic nitrogens is 1. The summed E-state index contributed by atoms with van der Waals surface area (Å²) in [5, 5.41) is 11.6. The molecule has 0 spiro atoms. The maximum atomic E-state index is 12.1. The molecule has 1 N–H and O–H groups in total. The minimum absolute atomic E-state index is 0.0211. The van der Waals surface area contributed by atoms with Crippen molar-refractivity contribution in [3.8, 4) is 29.0 Å². The molecule has 5 nitrogen and oxygen atoms in total. The molecule has 5 heteroatoms. The summed E-state index contributed by atoms with van der Waals surface area (Å²) >= 11 is 0. The van der Waals surface area contributed by atoms with E-state index in [0.29, 0.717) is 5.56 Å². The highest BCUT2D eigenvalue weighted by molar-refractivity contribution is 5.79. The van der Waals surface area contributed by atoms with Crippen LogP contribution in [0.4, 0.5) is 4.79 Å². The number of amides is 1. The summed E-state index contributed by atoms with van der Waals surface area (Å²) in [6.07, 6.45) is 1.02. The van der Waals surface area contributed by atoms with Crippen LogP contribution in [0.25, 0.3) is 11.1 Å². The number of nitrogens with zero attached hydrogens (tertiary/aromatic N) is 2. The molecule has 0 bridgehead atoms. The lowest BCUT2D eigenvalue weighted by atomic mass is 9.98. The minimum Gasteiger partial charge on any atom is -0.449 e. The van der Waals surface area contributed by atoms with Crippen LogP contribution in [-0.4, -0.2) is 24.2 Å². The molecular formula is C24H17N3O2. The number of hydrogen-bond acceptors (Lipinski definition) is 4. The average Bonchev–Trinajstić information content (AvgIpc) is 3.09. The molecule has 1 aliphatic carbocycles. The first-order valence-electron chi connectivity index (χ1n) is 9.21. The summed E-state index contributed by atoms with van der Waals surface area (Å²) in [5.41, 5.74) is 5.51. The Morgan fingerprint density at radius 1 is 1.03 bits per heavy atom. The SMILES string of the molecule is N#Cc1ncccc1C#CCNC(=O)OCC1c2ccccc2-c2ccccc21. The molecule has 1 heterocycles. The fourth-order valence-electron chi connectivity index (χ4n) is 3.50. The number of alkyl carbamates (subject to hydrolysis) is 1. The van der Waals surface area contributed by atoms with E-state index in [9.17, 15) is 4.79 Å². The van der Waals surface area contributed by atoms with Crippen molar-refractivity contribution in [2.24, 2.45) is 0 Å². The van der Waals surface area contributed by atoms with E-state index < -0.39 is 6.09 Å². The van der Waals surface area contributed by atoms with Gasteiger partial charge in [0.2, 0.25) is 0 Å². The lowest BCUT2D eigenvalue weighted by Crippen LogP contribution is -2.26. The number of carbonyl (C=O) groups is 1. The molecule has 0 unspecified atom stereocenters. The molecular weight excluding hydrogens is 362 g/mol. The zero-order chi connectivity index (χ0) is 20.1. The second-order valence-corrected chi connectivity index (χ2v) is 6.49. The van der Waals surface area contributed by atoms with Gasteiger partial charge in [0.25, 0.3) is 0 Å². The van der Waals surface area contributed by atoms with Crippen molar-refractivity contribution in [3.63, 3.8) is 0 Å². The number of nitrogens with one attached hydrogen (secondary N) is 1. The Balaban J connectivity index is 1.36. The standard InChI is InChI=1S/C24H17N3O2/c25-15-23-17(7-5-13-26-23)8-6-14-27-24(28)29-16-22-20-11-3-1-9-18(20)19-10-2-4-12-21(19)22/h1-5,7,9-13,22H,14,16H2,(H,27,28). The van der Waals surface area contributed by atoms with Crippen LogP contribution in [0, 0.1) is 23.2 Å². The number of hydrogen-bond donors (Lipinski definition) is 1. The number of carbonyl (C=O) groups excluding carboxylic acids is 1. The normalized spacial score (nSPS) is 11.4. The van der Waals surface area contributed by atoms with Gasteiger partial charge in [-0.1, -0.05) is 60.4 Å². The Kier molecular flexibility index (Phi) is 5.23. The van der Waals surface area contributed by atoms with Gasteiger partial charge in [-0.05, 0) is 34.4 Å². The van der Waals surface area contributed by atoms with Gasteiger partial charge in [-0.2, -0.15) is 5.26 Å². The quantitative estimate of drug-likeness (QED) is 0.702. The van der Waals surface area contributed by atoms with Gasteiger partial charge in [0.1, 0.15) is 12.7 Å². The lowest BCUT2D eigenvalue weighted by molar-refractivity contribution is 0.144. The average molecular weight is 379 g/mol. The van der Waals surface area contributed by atoms with Gasteiger partial charge in [-0.25, -0.2) is 9.78 Å². The van der Waals surface area contributed by atoms with Crippen LogP contribution in [0.2, 0.25) is 0 Å². The third-order valence-electron chi connectivity index (χ3n) is 4.80. The number of nitriles is 1. The van der Waals surface area contributed by atoms with Crippen molar-refractivity contribution in [3.05, 3.63) is 89.2 Å². The van der Waals surface area contributed by atoms with Gasteiger partial charge in [0.15, 0.2) is 5.69 Å². The summed E-state index contributed by atoms with van der Waals surface area (Å²) in [6, 6.07) is 21.8. The van der Waals surface area contributed by atoms with Gasteiger partial charge >= 0.3 is 6.09 Å². The molecule has 29 heavy (non-hydrogen) atoms. The van der Waals surface area contributed by atoms with Crippen LogP contribution in [0.1, 0.15) is 28.3 Å². The van der Waals surface area contributed by atoms with Crippen LogP contribution in [0.15, 0.2) is 66.9 Å². The van der Waals surface area contributed by atoms with Crippen molar-refractivity contribution in [1.29, 1.82) is 5.26 Å². The zero-order valence-corrected chi connectivity index (χ0v) is 15.6. The molecule has 3 aromatic rings. The van der Waals surface area contributed by atoms with E-state index in [1.807, 2.05) is 30.3 Å². The highest BCUT2D eigenvalue weighted by Gasteiger charge is 2.28. The van der Waals surface area contributed by atoms with E-state index in [1.54, 1.807) is 18.3 Å². The number of rotatable bonds is 3. The van der Waals surface area contributed by atoms with Crippen LogP contribution >= 0.6 is 0 Å². The van der Waals surface area contributed by atoms with E-state index in [2.05, 4.69) is 46.4 Å². The van der Waals surface area contributed by atoms with Crippen LogP contribution in [0.3, 0.4) is 0 Å². The Labute approximate surface area is 169 Å². The van der Waals surface area contributed by atoms with E-state index >= 15 is 0 Å². The smallest absolute Gasteiger partial charge is 0.407 e. The Morgan fingerprint density at radius 3 is 2.41 bits per heavy atom. The highest BCUT2D eigenvalue weighted by atomic mass is 16.5. The predicted octanol–water partition coefficient (Wildman–Crippen LogP) is 3.84. The predicted molar refractivity (Wildman–Crippen MR) is 109 cm³/mol. The largest absolute Gasteiger partial charge is 0.449 e. The molecule has 0 aliphatic heterocycles. The summed E-state index contributed by atoms with van der Waals surface area (Å²) < 4.78 is 5.45. The number of benzene rings is 2. The second kappa shape index (κ2) is 8.29. The molecule has 0 saturated heterocycles. The monoisotopic (exact) mass is 379 g/mol. The van der Waals surface area contributed by atoms with E-state index in [-0.39, 0.29) is 24.8 Å².